The molecule has 0 atom stereocenters. The molecule has 230 valence electrons. The number of benzene rings is 3. The van der Waals surface area contributed by atoms with Crippen LogP contribution in [0.25, 0.3) is 0 Å². The third kappa shape index (κ3) is 11.4. The zero-order valence-electron chi connectivity index (χ0n) is 25.9. The number of anilines is 1. The minimum Gasteiger partial charge on any atom is -0.489 e. The van der Waals surface area contributed by atoms with Crippen molar-refractivity contribution in [1.82, 2.24) is 0 Å². The van der Waals surface area contributed by atoms with E-state index in [1.807, 2.05) is 63.2 Å². The van der Waals surface area contributed by atoms with Gasteiger partial charge in [-0.05, 0) is 86.0 Å². The van der Waals surface area contributed by atoms with E-state index >= 15 is 0 Å². The highest BCUT2D eigenvalue weighted by Crippen LogP contribution is 2.29. The number of halogens is 1. The molecule has 2 N–H and O–H groups in total. The molecule has 8 heteroatoms. The van der Waals surface area contributed by atoms with Crippen LogP contribution in [-0.4, -0.2) is 35.8 Å². The first kappa shape index (κ1) is 35.3. The van der Waals surface area contributed by atoms with Crippen molar-refractivity contribution >= 4 is 45.4 Å². The summed E-state index contributed by atoms with van der Waals surface area (Å²) in [5.41, 5.74) is 4.29. The summed E-state index contributed by atoms with van der Waals surface area (Å²) >= 11 is 3.60. The lowest BCUT2D eigenvalue weighted by Crippen LogP contribution is -2.19. The molecule has 3 rings (SSSR count). The van der Waals surface area contributed by atoms with Crippen molar-refractivity contribution in [2.75, 3.05) is 11.9 Å². The quantitative estimate of drug-likeness (QED) is 0.126. The Bertz CT molecular complexity index is 1360. The van der Waals surface area contributed by atoms with Crippen molar-refractivity contribution < 1.29 is 19.4 Å². The number of hydrogen-bond acceptors (Lipinski definition) is 6. The monoisotopic (exact) mass is 649 g/mol. The molecule has 0 aliphatic heterocycles. The number of carbonyl (C=O) groups is 1. The van der Waals surface area contributed by atoms with Gasteiger partial charge in [-0.25, -0.2) is 9.79 Å². The summed E-state index contributed by atoms with van der Waals surface area (Å²) in [5, 5.41) is 13.1. The van der Waals surface area contributed by atoms with Crippen molar-refractivity contribution in [1.29, 1.82) is 0 Å². The Balaban J connectivity index is 0.00000316. The maximum absolute atomic E-state index is 11.6. The summed E-state index contributed by atoms with van der Waals surface area (Å²) in [6.45, 7) is 14.8. The fraction of sp³-hybridized carbons (Fsp3) is 0.343. The van der Waals surface area contributed by atoms with Crippen molar-refractivity contribution in [2.45, 2.75) is 73.0 Å². The molecule has 3 aromatic rings. The van der Waals surface area contributed by atoms with Crippen LogP contribution in [0.15, 0.2) is 87.9 Å². The highest BCUT2D eigenvalue weighted by Gasteiger charge is 2.13. The fourth-order valence-corrected chi connectivity index (χ4v) is 4.65. The van der Waals surface area contributed by atoms with Gasteiger partial charge in [-0.1, -0.05) is 63.0 Å². The van der Waals surface area contributed by atoms with Crippen LogP contribution >= 0.6 is 15.9 Å². The fourth-order valence-electron chi connectivity index (χ4n) is 4.29. The van der Waals surface area contributed by atoms with Crippen molar-refractivity contribution in [2.24, 2.45) is 9.98 Å². The number of nitrogens with zero attached hydrogens (tertiary/aromatic N) is 2. The standard InChI is InChI=1S/C33H38BrN3O4.C2H6/c1-5-9-27(10-6-2)37-30-18-14-25(33(38)39)20-31(30)36-21-23-11-15-28(16-12-23)41-22-26-19-24(13-17-29(26)34)32(35-7-3)40-8-4;1-2/h7,11-21,27,37H,3,5-6,8-10,22H2,1-2,4H3,(H,38,39);1-2H3. The van der Waals surface area contributed by atoms with Crippen LogP contribution in [0.5, 0.6) is 5.75 Å². The molecule has 0 bridgehead atoms. The molecule has 0 spiro atoms. The molecular weight excluding hydrogens is 606 g/mol. The molecule has 0 fully saturated rings. The molecule has 3 aromatic carbocycles. The number of ether oxygens (including phenoxy) is 2. The average molecular weight is 651 g/mol. The first-order valence-corrected chi connectivity index (χ1v) is 15.7. The second kappa shape index (κ2) is 19.3. The maximum Gasteiger partial charge on any atom is 0.335 e. The zero-order chi connectivity index (χ0) is 31.6. The van der Waals surface area contributed by atoms with Gasteiger partial charge in [-0.2, -0.15) is 0 Å². The highest BCUT2D eigenvalue weighted by atomic mass is 79.9. The molecule has 0 saturated heterocycles. The number of hydrogen-bond donors (Lipinski definition) is 2. The molecule has 0 heterocycles. The Hall–Kier alpha value is -3.91. The average Bonchev–Trinajstić information content (AvgIpc) is 3.01. The van der Waals surface area contributed by atoms with Crippen molar-refractivity contribution in [3.05, 3.63) is 100 Å². The van der Waals surface area contributed by atoms with Crippen molar-refractivity contribution in [3.8, 4) is 5.75 Å². The Labute approximate surface area is 264 Å². The Morgan fingerprint density at radius 3 is 2.28 bits per heavy atom. The van der Waals surface area contributed by atoms with Gasteiger partial charge in [-0.3, -0.25) is 4.99 Å². The van der Waals surface area contributed by atoms with E-state index < -0.39 is 5.97 Å². The summed E-state index contributed by atoms with van der Waals surface area (Å²) in [7, 11) is 0. The highest BCUT2D eigenvalue weighted by molar-refractivity contribution is 9.10. The molecule has 43 heavy (non-hydrogen) atoms. The van der Waals surface area contributed by atoms with E-state index in [1.165, 1.54) is 6.20 Å². The van der Waals surface area contributed by atoms with Crippen LogP contribution in [0.4, 0.5) is 11.4 Å². The second-order valence-corrected chi connectivity index (χ2v) is 10.3. The smallest absolute Gasteiger partial charge is 0.335 e. The lowest BCUT2D eigenvalue weighted by Gasteiger charge is -2.20. The molecular formula is C35H44BrN3O4. The molecule has 0 unspecified atom stereocenters. The van der Waals surface area contributed by atoms with Crippen LogP contribution in [0.3, 0.4) is 0 Å². The van der Waals surface area contributed by atoms with E-state index in [4.69, 9.17) is 9.47 Å². The predicted octanol–water partition coefficient (Wildman–Crippen LogP) is 9.81. The Morgan fingerprint density at radius 2 is 1.67 bits per heavy atom. The lowest BCUT2D eigenvalue weighted by molar-refractivity contribution is 0.0697. The van der Waals surface area contributed by atoms with Gasteiger partial charge in [0.2, 0.25) is 5.90 Å². The van der Waals surface area contributed by atoms with Gasteiger partial charge in [0.1, 0.15) is 12.4 Å². The van der Waals surface area contributed by atoms with Crippen LogP contribution in [0.2, 0.25) is 0 Å². The topological polar surface area (TPSA) is 92.5 Å². The van der Waals surface area contributed by atoms with Gasteiger partial charge in [0.25, 0.3) is 0 Å². The Morgan fingerprint density at radius 1 is 1.00 bits per heavy atom. The number of nitrogens with one attached hydrogen (secondary N) is 1. The number of aromatic carboxylic acids is 1. The van der Waals surface area contributed by atoms with E-state index in [2.05, 4.69) is 51.7 Å². The largest absolute Gasteiger partial charge is 0.489 e. The van der Waals surface area contributed by atoms with Gasteiger partial charge < -0.3 is 19.9 Å². The number of aliphatic imine (C=N–C) groups is 2. The maximum atomic E-state index is 11.6. The first-order valence-electron chi connectivity index (χ1n) is 14.9. The molecule has 0 saturated carbocycles. The number of rotatable bonds is 15. The Kier molecular flexibility index (Phi) is 15.8. The second-order valence-electron chi connectivity index (χ2n) is 9.43. The van der Waals surface area contributed by atoms with E-state index in [9.17, 15) is 9.90 Å². The predicted molar refractivity (Wildman–Crippen MR) is 183 cm³/mol. The van der Waals surface area contributed by atoms with Crippen LogP contribution in [0.1, 0.15) is 87.4 Å². The van der Waals surface area contributed by atoms with Crippen LogP contribution < -0.4 is 10.1 Å². The summed E-state index contributed by atoms with van der Waals surface area (Å²) < 4.78 is 12.6. The number of carboxylic acid groups (broad SMARTS) is 1. The minimum atomic E-state index is -0.979. The molecule has 0 aromatic heterocycles. The lowest BCUT2D eigenvalue weighted by atomic mass is 10.1. The molecule has 0 aliphatic rings. The summed E-state index contributed by atoms with van der Waals surface area (Å²) in [5.74, 6) is 0.243. The summed E-state index contributed by atoms with van der Waals surface area (Å²) in [6.07, 6.45) is 7.41. The van der Waals surface area contributed by atoms with Crippen molar-refractivity contribution in [3.63, 3.8) is 0 Å². The zero-order valence-corrected chi connectivity index (χ0v) is 27.5. The number of carboxylic acids is 1. The minimum absolute atomic E-state index is 0.202. The van der Waals surface area contributed by atoms with Crippen LogP contribution in [0, 0.1) is 0 Å². The van der Waals surface area contributed by atoms with Gasteiger partial charge >= 0.3 is 5.97 Å². The van der Waals surface area contributed by atoms with Gasteiger partial charge in [0.05, 0.1) is 23.5 Å². The first-order chi connectivity index (χ1) is 20.9. The molecule has 0 aliphatic carbocycles. The van der Waals surface area contributed by atoms with E-state index in [1.54, 1.807) is 24.4 Å². The van der Waals surface area contributed by atoms with Gasteiger partial charge in [0.15, 0.2) is 0 Å². The summed E-state index contributed by atoms with van der Waals surface area (Å²) in [6, 6.07) is 18.8. The van der Waals surface area contributed by atoms with E-state index in [0.717, 1.165) is 52.5 Å². The van der Waals surface area contributed by atoms with Gasteiger partial charge in [0, 0.05) is 34.1 Å². The van der Waals surface area contributed by atoms with E-state index in [0.29, 0.717) is 36.6 Å². The van der Waals surface area contributed by atoms with Gasteiger partial charge in [-0.15, -0.1) is 0 Å². The third-order valence-electron chi connectivity index (χ3n) is 6.29. The SMILES string of the molecule is C=CN=C(OCC)c1ccc(Br)c(COc2ccc(C=Nc3cc(C(=O)O)ccc3NC(CCC)CCC)cc2)c1.CC. The van der Waals surface area contributed by atoms with Crippen LogP contribution in [-0.2, 0) is 11.3 Å². The molecule has 0 radical (unpaired) electrons. The third-order valence-corrected chi connectivity index (χ3v) is 7.06. The summed E-state index contributed by atoms with van der Waals surface area (Å²) in [4.78, 5) is 20.5. The van der Waals surface area contributed by atoms with E-state index in [-0.39, 0.29) is 5.56 Å². The molecule has 7 nitrogen and oxygen atoms in total. The normalized spacial score (nSPS) is 11.2. The molecule has 0 amide bonds.